The van der Waals surface area contributed by atoms with Crippen molar-refractivity contribution in [3.05, 3.63) is 29.8 Å². The van der Waals surface area contributed by atoms with Crippen LogP contribution >= 0.6 is 11.8 Å². The average molecular weight is 248 g/mol. The number of benzene rings is 1. The highest BCUT2D eigenvalue weighted by Gasteiger charge is 2.27. The lowest BCUT2D eigenvalue weighted by Gasteiger charge is -2.28. The molecule has 0 aliphatic carbocycles. The molecule has 1 aromatic carbocycles. The van der Waals surface area contributed by atoms with Crippen molar-refractivity contribution in [1.82, 2.24) is 10.6 Å². The zero-order valence-corrected chi connectivity index (χ0v) is 10.4. The lowest BCUT2D eigenvalue weighted by Crippen LogP contribution is -2.35. The maximum absolute atomic E-state index is 11.2. The molecule has 2 N–H and O–H groups in total. The molecule has 4 heteroatoms. The molecule has 0 bridgehead atoms. The van der Waals surface area contributed by atoms with Crippen LogP contribution in [0, 0.1) is 0 Å². The summed E-state index contributed by atoms with van der Waals surface area (Å²) in [5, 5.41) is 6.48. The van der Waals surface area contributed by atoms with Crippen LogP contribution < -0.4 is 10.6 Å². The van der Waals surface area contributed by atoms with Gasteiger partial charge in [0.15, 0.2) is 0 Å². The molecule has 3 rings (SSSR count). The van der Waals surface area contributed by atoms with Crippen LogP contribution in [-0.2, 0) is 4.79 Å². The molecule has 2 atom stereocenters. The van der Waals surface area contributed by atoms with Crippen molar-refractivity contribution < 1.29 is 4.79 Å². The Morgan fingerprint density at radius 2 is 2.24 bits per heavy atom. The molecular formula is C13H16N2OS. The third-order valence-electron chi connectivity index (χ3n) is 3.37. The fourth-order valence-electron chi connectivity index (χ4n) is 2.52. The minimum absolute atomic E-state index is 0.168. The summed E-state index contributed by atoms with van der Waals surface area (Å²) < 4.78 is 0. The van der Waals surface area contributed by atoms with Gasteiger partial charge in [-0.25, -0.2) is 0 Å². The fourth-order valence-corrected chi connectivity index (χ4v) is 3.65. The summed E-state index contributed by atoms with van der Waals surface area (Å²) in [6.07, 6.45) is 1.76. The second-order valence-electron chi connectivity index (χ2n) is 4.60. The van der Waals surface area contributed by atoms with E-state index in [0.717, 1.165) is 18.7 Å². The first-order valence-corrected chi connectivity index (χ1v) is 7.06. The van der Waals surface area contributed by atoms with E-state index in [2.05, 4.69) is 34.9 Å². The summed E-state index contributed by atoms with van der Waals surface area (Å²) in [4.78, 5) is 12.6. The first-order valence-electron chi connectivity index (χ1n) is 6.07. The standard InChI is InChI=1S/C13H16N2OS/c16-13-7-9(8-14-13)15-11-5-6-17-12-4-2-1-3-10(11)12/h1-4,9,11,15H,5-8H2,(H,14,16). The van der Waals surface area contributed by atoms with Gasteiger partial charge in [-0.1, -0.05) is 18.2 Å². The van der Waals surface area contributed by atoms with E-state index in [0.29, 0.717) is 18.5 Å². The van der Waals surface area contributed by atoms with Gasteiger partial charge >= 0.3 is 0 Å². The van der Waals surface area contributed by atoms with Crippen molar-refractivity contribution in [3.8, 4) is 0 Å². The third-order valence-corrected chi connectivity index (χ3v) is 4.50. The molecule has 2 unspecified atom stereocenters. The summed E-state index contributed by atoms with van der Waals surface area (Å²) in [5.74, 6) is 1.32. The maximum Gasteiger partial charge on any atom is 0.221 e. The van der Waals surface area contributed by atoms with E-state index >= 15 is 0 Å². The van der Waals surface area contributed by atoms with Crippen LogP contribution in [0.25, 0.3) is 0 Å². The van der Waals surface area contributed by atoms with E-state index in [4.69, 9.17) is 0 Å². The maximum atomic E-state index is 11.2. The second-order valence-corrected chi connectivity index (χ2v) is 5.74. The molecule has 17 heavy (non-hydrogen) atoms. The largest absolute Gasteiger partial charge is 0.354 e. The molecule has 2 aliphatic heterocycles. The molecule has 1 amide bonds. The molecule has 1 saturated heterocycles. The number of nitrogens with one attached hydrogen (secondary N) is 2. The van der Waals surface area contributed by atoms with Gasteiger partial charge in [0.25, 0.3) is 0 Å². The van der Waals surface area contributed by atoms with Gasteiger partial charge in [-0.2, -0.15) is 0 Å². The third kappa shape index (κ3) is 2.33. The van der Waals surface area contributed by atoms with Gasteiger partial charge in [0.2, 0.25) is 5.91 Å². The van der Waals surface area contributed by atoms with E-state index in [1.165, 1.54) is 10.5 Å². The van der Waals surface area contributed by atoms with Crippen molar-refractivity contribution in [2.45, 2.75) is 29.8 Å². The molecule has 0 radical (unpaired) electrons. The van der Waals surface area contributed by atoms with E-state index in [-0.39, 0.29) is 5.91 Å². The van der Waals surface area contributed by atoms with E-state index < -0.39 is 0 Å². The zero-order valence-electron chi connectivity index (χ0n) is 9.61. The topological polar surface area (TPSA) is 41.1 Å². The Kier molecular flexibility index (Phi) is 3.07. The number of hydrogen-bond donors (Lipinski definition) is 2. The Morgan fingerprint density at radius 3 is 3.06 bits per heavy atom. The Bertz CT molecular complexity index is 435. The Labute approximate surface area is 105 Å². The Balaban J connectivity index is 1.74. The summed E-state index contributed by atoms with van der Waals surface area (Å²) in [6.45, 7) is 0.768. The van der Waals surface area contributed by atoms with Gasteiger partial charge in [-0.15, -0.1) is 11.8 Å². The van der Waals surface area contributed by atoms with Crippen LogP contribution in [0.15, 0.2) is 29.2 Å². The van der Waals surface area contributed by atoms with Gasteiger partial charge in [-0.05, 0) is 23.8 Å². The van der Waals surface area contributed by atoms with E-state index in [1.54, 1.807) is 0 Å². The molecule has 90 valence electrons. The van der Waals surface area contributed by atoms with Crippen LogP contribution in [0.1, 0.15) is 24.4 Å². The predicted molar refractivity (Wildman–Crippen MR) is 69.1 cm³/mol. The summed E-state index contributed by atoms with van der Waals surface area (Å²) in [5.41, 5.74) is 1.39. The van der Waals surface area contributed by atoms with Crippen molar-refractivity contribution in [1.29, 1.82) is 0 Å². The predicted octanol–water partition coefficient (Wildman–Crippen LogP) is 1.70. The van der Waals surface area contributed by atoms with Crippen LogP contribution in [0.2, 0.25) is 0 Å². The van der Waals surface area contributed by atoms with Gasteiger partial charge < -0.3 is 10.6 Å². The lowest BCUT2D eigenvalue weighted by molar-refractivity contribution is -0.119. The molecular weight excluding hydrogens is 232 g/mol. The molecule has 1 aromatic rings. The first kappa shape index (κ1) is 11.1. The molecule has 2 aliphatic rings. The number of amides is 1. The van der Waals surface area contributed by atoms with Crippen molar-refractivity contribution in [2.75, 3.05) is 12.3 Å². The molecule has 3 nitrogen and oxygen atoms in total. The number of rotatable bonds is 2. The second kappa shape index (κ2) is 4.70. The number of hydrogen-bond acceptors (Lipinski definition) is 3. The molecule has 2 heterocycles. The lowest BCUT2D eigenvalue weighted by atomic mass is 10.0. The first-order chi connectivity index (χ1) is 8.33. The molecule has 1 fully saturated rings. The minimum atomic E-state index is 0.168. The Hall–Kier alpha value is -1.00. The summed E-state index contributed by atoms with van der Waals surface area (Å²) >= 11 is 1.93. The van der Waals surface area contributed by atoms with E-state index in [1.807, 2.05) is 11.8 Å². The number of fused-ring (bicyclic) bond motifs is 1. The van der Waals surface area contributed by atoms with Crippen LogP contribution in [-0.4, -0.2) is 24.2 Å². The summed E-state index contributed by atoms with van der Waals surface area (Å²) in [7, 11) is 0. The number of carbonyl (C=O) groups is 1. The van der Waals surface area contributed by atoms with Gasteiger partial charge in [0.1, 0.15) is 0 Å². The SMILES string of the molecule is O=C1CC(NC2CCSc3ccccc32)CN1. The molecule has 0 saturated carbocycles. The van der Waals surface area contributed by atoms with Crippen LogP contribution in [0.5, 0.6) is 0 Å². The fraction of sp³-hybridized carbons (Fsp3) is 0.462. The smallest absolute Gasteiger partial charge is 0.221 e. The van der Waals surface area contributed by atoms with Gasteiger partial charge in [0, 0.05) is 29.9 Å². The highest BCUT2D eigenvalue weighted by Crippen LogP contribution is 2.36. The number of carbonyl (C=O) groups excluding carboxylic acids is 1. The highest BCUT2D eigenvalue weighted by molar-refractivity contribution is 7.99. The van der Waals surface area contributed by atoms with Crippen LogP contribution in [0.3, 0.4) is 0 Å². The number of thioether (sulfide) groups is 1. The minimum Gasteiger partial charge on any atom is -0.354 e. The van der Waals surface area contributed by atoms with Crippen molar-refractivity contribution in [2.24, 2.45) is 0 Å². The quantitative estimate of drug-likeness (QED) is 0.837. The van der Waals surface area contributed by atoms with E-state index in [9.17, 15) is 4.79 Å². The monoisotopic (exact) mass is 248 g/mol. The molecule has 0 aromatic heterocycles. The Morgan fingerprint density at radius 1 is 1.35 bits per heavy atom. The van der Waals surface area contributed by atoms with Crippen molar-refractivity contribution in [3.63, 3.8) is 0 Å². The average Bonchev–Trinajstić information content (AvgIpc) is 2.75. The van der Waals surface area contributed by atoms with Gasteiger partial charge in [-0.3, -0.25) is 4.79 Å². The van der Waals surface area contributed by atoms with Crippen molar-refractivity contribution >= 4 is 17.7 Å². The highest BCUT2D eigenvalue weighted by atomic mass is 32.2. The normalized spacial score (nSPS) is 27.6. The van der Waals surface area contributed by atoms with Gasteiger partial charge in [0.05, 0.1) is 0 Å². The molecule has 0 spiro atoms. The zero-order chi connectivity index (χ0) is 11.7. The summed E-state index contributed by atoms with van der Waals surface area (Å²) in [6, 6.07) is 9.27. The van der Waals surface area contributed by atoms with Crippen LogP contribution in [0.4, 0.5) is 0 Å².